The number of aromatic nitrogens is 4. The molecule has 1 aliphatic heterocycles. The fourth-order valence-corrected chi connectivity index (χ4v) is 4.46. The lowest BCUT2D eigenvalue weighted by Gasteiger charge is -2.38. The van der Waals surface area contributed by atoms with Crippen LogP contribution >= 0.6 is 0 Å². The van der Waals surface area contributed by atoms with Gasteiger partial charge in [-0.3, -0.25) is 4.79 Å². The summed E-state index contributed by atoms with van der Waals surface area (Å²) in [6.45, 7) is 0.962. The van der Waals surface area contributed by atoms with E-state index in [2.05, 4.69) is 15.0 Å². The Hall–Kier alpha value is -3.24. The molecule has 1 amide bonds. The number of methoxy groups -OCH3 is 1. The van der Waals surface area contributed by atoms with E-state index in [-0.39, 0.29) is 24.5 Å². The van der Waals surface area contributed by atoms with Crippen molar-refractivity contribution in [2.45, 2.75) is 24.9 Å². The summed E-state index contributed by atoms with van der Waals surface area (Å²) in [5.41, 5.74) is 8.71. The highest BCUT2D eigenvalue weighted by atomic mass is 16.5. The van der Waals surface area contributed by atoms with Gasteiger partial charge in [0.1, 0.15) is 12.1 Å². The molecule has 0 radical (unpaired) electrons. The van der Waals surface area contributed by atoms with Crippen LogP contribution < -0.4 is 15.4 Å². The lowest BCUT2D eigenvalue weighted by atomic mass is 9.93. The molecule has 0 aliphatic carbocycles. The Morgan fingerprint density at radius 3 is 2.67 bits per heavy atom. The minimum absolute atomic E-state index is 0.00143. The minimum Gasteiger partial charge on any atom is -0.497 e. The standard InChI is InChI=1S/C23H31N7O3/c1-28(2)21-20-22(26-13-25-21)30(14-27-20)17-8-16(12-31)10-29(11-17)23(32)19(24)9-15-4-6-18(33-3)7-5-15/h4-7,13-14,16-17,19,31H,8-12,24H2,1-3H3/t16-,17+,19+/m1/s1. The molecule has 0 unspecified atom stereocenters. The van der Waals surface area contributed by atoms with Crippen molar-refractivity contribution >= 4 is 22.9 Å². The molecule has 33 heavy (non-hydrogen) atoms. The molecule has 0 bridgehead atoms. The second kappa shape index (κ2) is 9.72. The summed E-state index contributed by atoms with van der Waals surface area (Å²) in [6.07, 6.45) is 4.43. The van der Waals surface area contributed by atoms with Gasteiger partial charge in [-0.2, -0.15) is 0 Å². The van der Waals surface area contributed by atoms with Crippen molar-refractivity contribution in [1.29, 1.82) is 0 Å². The number of hydrogen-bond donors (Lipinski definition) is 2. The average molecular weight is 454 g/mol. The van der Waals surface area contributed by atoms with Crippen LogP contribution in [0.15, 0.2) is 36.9 Å². The van der Waals surface area contributed by atoms with E-state index in [0.717, 1.165) is 23.6 Å². The monoisotopic (exact) mass is 453 g/mol. The summed E-state index contributed by atoms with van der Waals surface area (Å²) in [4.78, 5) is 30.2. The van der Waals surface area contributed by atoms with Crippen LogP contribution in [0.2, 0.25) is 0 Å². The highest BCUT2D eigenvalue weighted by Crippen LogP contribution is 2.30. The zero-order chi connectivity index (χ0) is 23.5. The number of nitrogens with two attached hydrogens (primary N) is 1. The first-order valence-corrected chi connectivity index (χ1v) is 11.0. The third-order valence-electron chi connectivity index (χ3n) is 6.17. The summed E-state index contributed by atoms with van der Waals surface area (Å²) in [7, 11) is 5.44. The molecular weight excluding hydrogens is 422 g/mol. The van der Waals surface area contributed by atoms with E-state index in [4.69, 9.17) is 10.5 Å². The molecule has 3 N–H and O–H groups in total. The minimum atomic E-state index is -0.668. The number of ether oxygens (including phenoxy) is 1. The van der Waals surface area contributed by atoms with E-state index in [1.165, 1.54) is 6.33 Å². The summed E-state index contributed by atoms with van der Waals surface area (Å²) in [5.74, 6) is 1.33. The van der Waals surface area contributed by atoms with E-state index >= 15 is 0 Å². The number of anilines is 1. The van der Waals surface area contributed by atoms with E-state index in [9.17, 15) is 9.90 Å². The molecule has 3 atom stereocenters. The van der Waals surface area contributed by atoms with Crippen LogP contribution in [0.4, 0.5) is 5.82 Å². The number of carbonyl (C=O) groups is 1. The molecule has 1 fully saturated rings. The summed E-state index contributed by atoms with van der Waals surface area (Å²) in [6, 6.07) is 6.82. The maximum atomic E-state index is 13.2. The molecule has 1 aromatic carbocycles. The van der Waals surface area contributed by atoms with E-state index < -0.39 is 6.04 Å². The summed E-state index contributed by atoms with van der Waals surface area (Å²) >= 11 is 0. The maximum Gasteiger partial charge on any atom is 0.239 e. The number of fused-ring (bicyclic) bond motifs is 1. The van der Waals surface area contributed by atoms with Gasteiger partial charge in [0, 0.05) is 39.7 Å². The van der Waals surface area contributed by atoms with Gasteiger partial charge in [-0.15, -0.1) is 0 Å². The van der Waals surface area contributed by atoms with Gasteiger partial charge < -0.3 is 29.9 Å². The van der Waals surface area contributed by atoms with Crippen molar-refractivity contribution in [1.82, 2.24) is 24.4 Å². The predicted octanol–water partition coefficient (Wildman–Crippen LogP) is 0.853. The van der Waals surface area contributed by atoms with Gasteiger partial charge in [0.05, 0.1) is 25.5 Å². The Kier molecular flexibility index (Phi) is 6.75. The Bertz CT molecular complexity index is 1100. The van der Waals surface area contributed by atoms with Crippen molar-refractivity contribution in [2.24, 2.45) is 11.7 Å². The van der Waals surface area contributed by atoms with Crippen LogP contribution in [-0.2, 0) is 11.2 Å². The molecule has 2 aromatic heterocycles. The normalized spacial score (nSPS) is 19.5. The van der Waals surface area contributed by atoms with Gasteiger partial charge in [-0.25, -0.2) is 15.0 Å². The topological polar surface area (TPSA) is 123 Å². The summed E-state index contributed by atoms with van der Waals surface area (Å²) in [5, 5.41) is 9.92. The lowest BCUT2D eigenvalue weighted by molar-refractivity contribution is -0.135. The molecule has 10 heteroatoms. The van der Waals surface area contributed by atoms with Gasteiger partial charge in [0.15, 0.2) is 17.0 Å². The molecule has 3 heterocycles. The molecule has 176 valence electrons. The van der Waals surface area contributed by atoms with Crippen LogP contribution in [0.5, 0.6) is 5.75 Å². The first-order chi connectivity index (χ1) is 15.9. The van der Waals surface area contributed by atoms with Gasteiger partial charge in [-0.1, -0.05) is 12.1 Å². The number of likely N-dealkylation sites (tertiary alicyclic amines) is 1. The van der Waals surface area contributed by atoms with E-state index in [0.29, 0.717) is 30.7 Å². The SMILES string of the molecule is COc1ccc(C[C@H](N)C(=O)N2C[C@H](CO)C[C@H](n3cnc4c(N(C)C)ncnc43)C2)cc1. The van der Waals surface area contributed by atoms with Gasteiger partial charge >= 0.3 is 0 Å². The van der Waals surface area contributed by atoms with E-state index in [1.54, 1.807) is 18.3 Å². The number of aliphatic hydroxyl groups excluding tert-OH is 1. The average Bonchev–Trinajstić information content (AvgIpc) is 3.27. The first kappa shape index (κ1) is 22.9. The summed E-state index contributed by atoms with van der Waals surface area (Å²) < 4.78 is 7.18. The molecular formula is C23H31N7O3. The van der Waals surface area contributed by atoms with Crippen molar-refractivity contribution < 1.29 is 14.6 Å². The molecule has 0 spiro atoms. The number of piperidine rings is 1. The molecule has 4 rings (SSSR count). The maximum absolute atomic E-state index is 13.2. The third kappa shape index (κ3) is 4.76. The molecule has 10 nitrogen and oxygen atoms in total. The molecule has 1 aliphatic rings. The van der Waals surface area contributed by atoms with Crippen LogP contribution in [0.25, 0.3) is 11.2 Å². The lowest BCUT2D eigenvalue weighted by Crippen LogP contribution is -2.51. The molecule has 0 saturated carbocycles. The smallest absolute Gasteiger partial charge is 0.239 e. The van der Waals surface area contributed by atoms with Crippen molar-refractivity contribution in [3.8, 4) is 5.75 Å². The third-order valence-corrected chi connectivity index (χ3v) is 6.17. The zero-order valence-electron chi connectivity index (χ0n) is 19.3. The van der Waals surface area contributed by atoms with Crippen LogP contribution in [-0.4, -0.2) is 82.4 Å². The second-order valence-electron chi connectivity index (χ2n) is 8.76. The Balaban J connectivity index is 1.53. The number of aliphatic hydroxyl groups is 1. The molecule has 1 saturated heterocycles. The highest BCUT2D eigenvalue weighted by molar-refractivity contribution is 5.83. The number of nitrogens with zero attached hydrogens (tertiary/aromatic N) is 6. The Morgan fingerprint density at radius 2 is 2.00 bits per heavy atom. The fraction of sp³-hybridized carbons (Fsp3) is 0.478. The zero-order valence-corrected chi connectivity index (χ0v) is 19.3. The fourth-order valence-electron chi connectivity index (χ4n) is 4.46. The number of amides is 1. The van der Waals surface area contributed by atoms with E-state index in [1.807, 2.05) is 47.8 Å². The predicted molar refractivity (Wildman–Crippen MR) is 125 cm³/mol. The van der Waals surface area contributed by atoms with Crippen molar-refractivity contribution in [3.63, 3.8) is 0 Å². The largest absolute Gasteiger partial charge is 0.497 e. The van der Waals surface area contributed by atoms with Crippen LogP contribution in [0.3, 0.4) is 0 Å². The quantitative estimate of drug-likeness (QED) is 0.540. The second-order valence-corrected chi connectivity index (χ2v) is 8.76. The number of rotatable bonds is 7. The van der Waals surface area contributed by atoms with Crippen molar-refractivity contribution in [3.05, 3.63) is 42.5 Å². The Morgan fingerprint density at radius 1 is 1.24 bits per heavy atom. The van der Waals surface area contributed by atoms with Gasteiger partial charge in [0.25, 0.3) is 0 Å². The molecule has 3 aromatic rings. The van der Waals surface area contributed by atoms with Gasteiger partial charge in [-0.05, 0) is 30.5 Å². The van der Waals surface area contributed by atoms with Gasteiger partial charge in [0.2, 0.25) is 5.91 Å². The number of imidazole rings is 1. The highest BCUT2D eigenvalue weighted by Gasteiger charge is 2.33. The van der Waals surface area contributed by atoms with Crippen LogP contribution in [0.1, 0.15) is 18.0 Å². The van der Waals surface area contributed by atoms with Crippen LogP contribution in [0, 0.1) is 5.92 Å². The Labute approximate surface area is 193 Å². The number of carbonyl (C=O) groups excluding carboxylic acids is 1. The number of hydrogen-bond acceptors (Lipinski definition) is 8. The first-order valence-electron chi connectivity index (χ1n) is 11.0. The number of benzene rings is 1. The van der Waals surface area contributed by atoms with Crippen molar-refractivity contribution in [2.75, 3.05) is 45.8 Å².